The van der Waals surface area contributed by atoms with E-state index < -0.39 is 0 Å². The number of hydrogen-bond acceptors (Lipinski definition) is 5. The Balaban J connectivity index is 1.69. The van der Waals surface area contributed by atoms with Crippen LogP contribution in [0.15, 0.2) is 30.6 Å². The Labute approximate surface area is 112 Å². The summed E-state index contributed by atoms with van der Waals surface area (Å²) in [5.74, 6) is 0.666. The number of aryl methyl sites for hydroxylation is 1. The summed E-state index contributed by atoms with van der Waals surface area (Å²) in [5.41, 5.74) is 1.03. The lowest BCUT2D eigenvalue weighted by Crippen LogP contribution is -2.16. The third-order valence-corrected chi connectivity index (χ3v) is 2.79. The molecule has 0 fully saturated rings. The van der Waals surface area contributed by atoms with Crippen LogP contribution in [-0.4, -0.2) is 33.8 Å². The number of phenolic OH excluding ortho intramolecular Hbond substituents is 1. The Hall–Kier alpha value is -2.08. The number of aromatic nitrogens is 3. The second kappa shape index (κ2) is 6.75. The Bertz CT molecular complexity index is 499. The van der Waals surface area contributed by atoms with Gasteiger partial charge in [0.1, 0.15) is 0 Å². The quantitative estimate of drug-likeness (QED) is 0.733. The van der Waals surface area contributed by atoms with Crippen LogP contribution in [0.25, 0.3) is 0 Å². The monoisotopic (exact) mass is 262 g/mol. The van der Waals surface area contributed by atoms with Gasteiger partial charge in [0.05, 0.1) is 13.3 Å². The first kappa shape index (κ1) is 13.4. The van der Waals surface area contributed by atoms with E-state index >= 15 is 0 Å². The van der Waals surface area contributed by atoms with Crippen molar-refractivity contribution in [3.8, 4) is 11.5 Å². The normalized spacial score (nSPS) is 10.6. The van der Waals surface area contributed by atoms with Gasteiger partial charge in [-0.05, 0) is 30.7 Å². The maximum atomic E-state index is 9.65. The fourth-order valence-corrected chi connectivity index (χ4v) is 1.80. The molecule has 2 N–H and O–H groups in total. The van der Waals surface area contributed by atoms with Crippen LogP contribution in [0.3, 0.4) is 0 Å². The highest BCUT2D eigenvalue weighted by molar-refractivity contribution is 5.41. The van der Waals surface area contributed by atoms with Crippen LogP contribution in [0.4, 0.5) is 0 Å². The van der Waals surface area contributed by atoms with Crippen LogP contribution >= 0.6 is 0 Å². The molecule has 0 amide bonds. The average Bonchev–Trinajstić information content (AvgIpc) is 2.92. The minimum absolute atomic E-state index is 0.171. The molecular formula is C13H18N4O2. The van der Waals surface area contributed by atoms with Gasteiger partial charge in [-0.25, -0.2) is 0 Å². The van der Waals surface area contributed by atoms with Gasteiger partial charge >= 0.3 is 0 Å². The first-order valence-corrected chi connectivity index (χ1v) is 6.20. The molecule has 0 saturated carbocycles. The van der Waals surface area contributed by atoms with Crippen molar-refractivity contribution < 1.29 is 9.84 Å². The standard InChI is InChI=1S/C13H18N4O2/c1-19-13-4-3-11(9-12(13)18)10-14-5-2-7-17-8-6-15-16-17/h3-4,6,8-9,14,18H,2,5,7,10H2,1H3. The number of methoxy groups -OCH3 is 1. The second-order valence-corrected chi connectivity index (χ2v) is 4.20. The summed E-state index contributed by atoms with van der Waals surface area (Å²) in [6, 6.07) is 5.41. The van der Waals surface area contributed by atoms with Gasteiger partial charge in [0, 0.05) is 19.3 Å². The molecule has 0 aliphatic rings. The summed E-state index contributed by atoms with van der Waals surface area (Å²) in [4.78, 5) is 0. The van der Waals surface area contributed by atoms with E-state index in [1.807, 2.05) is 12.3 Å². The van der Waals surface area contributed by atoms with Crippen LogP contribution in [0.1, 0.15) is 12.0 Å². The molecule has 0 aliphatic carbocycles. The summed E-state index contributed by atoms with van der Waals surface area (Å²) in [7, 11) is 1.54. The molecule has 102 valence electrons. The maximum Gasteiger partial charge on any atom is 0.160 e. The molecule has 1 aromatic heterocycles. The molecule has 2 rings (SSSR count). The van der Waals surface area contributed by atoms with Gasteiger partial charge in [-0.3, -0.25) is 4.68 Å². The number of hydrogen-bond donors (Lipinski definition) is 2. The van der Waals surface area contributed by atoms with Gasteiger partial charge in [0.15, 0.2) is 11.5 Å². The van der Waals surface area contributed by atoms with Crippen LogP contribution in [0, 0.1) is 0 Å². The fourth-order valence-electron chi connectivity index (χ4n) is 1.80. The molecule has 0 unspecified atom stereocenters. The van der Waals surface area contributed by atoms with Crippen molar-refractivity contribution in [3.05, 3.63) is 36.2 Å². The molecule has 0 radical (unpaired) electrons. The highest BCUT2D eigenvalue weighted by Crippen LogP contribution is 2.25. The van der Waals surface area contributed by atoms with Gasteiger partial charge in [0.2, 0.25) is 0 Å². The van der Waals surface area contributed by atoms with E-state index in [2.05, 4.69) is 15.6 Å². The van der Waals surface area contributed by atoms with Crippen molar-refractivity contribution in [2.75, 3.05) is 13.7 Å². The summed E-state index contributed by atoms with van der Waals surface area (Å²) in [6.07, 6.45) is 4.50. The number of nitrogens with zero attached hydrogens (tertiary/aromatic N) is 3. The minimum atomic E-state index is 0.171. The Morgan fingerprint density at radius 2 is 2.32 bits per heavy atom. The topological polar surface area (TPSA) is 72.2 Å². The van der Waals surface area contributed by atoms with E-state index in [9.17, 15) is 5.11 Å². The number of aromatic hydroxyl groups is 1. The zero-order valence-electron chi connectivity index (χ0n) is 10.9. The summed E-state index contributed by atoms with van der Waals surface area (Å²) in [5, 5.41) is 20.6. The summed E-state index contributed by atoms with van der Waals surface area (Å²) in [6.45, 7) is 2.45. The van der Waals surface area contributed by atoms with Gasteiger partial charge in [-0.15, -0.1) is 5.10 Å². The maximum absolute atomic E-state index is 9.65. The average molecular weight is 262 g/mol. The SMILES string of the molecule is COc1ccc(CNCCCn2ccnn2)cc1O. The molecule has 1 aromatic carbocycles. The molecule has 6 heteroatoms. The third kappa shape index (κ3) is 3.96. The predicted molar refractivity (Wildman–Crippen MR) is 71.0 cm³/mol. The lowest BCUT2D eigenvalue weighted by atomic mass is 10.2. The minimum Gasteiger partial charge on any atom is -0.504 e. The molecule has 19 heavy (non-hydrogen) atoms. The number of ether oxygens (including phenoxy) is 1. The number of nitrogens with one attached hydrogen (secondary N) is 1. The number of benzene rings is 1. The van der Waals surface area contributed by atoms with Crippen molar-refractivity contribution in [2.45, 2.75) is 19.5 Å². The van der Waals surface area contributed by atoms with E-state index in [0.29, 0.717) is 5.75 Å². The smallest absolute Gasteiger partial charge is 0.160 e. The van der Waals surface area contributed by atoms with E-state index in [1.54, 1.807) is 23.0 Å². The molecule has 2 aromatic rings. The molecule has 0 atom stereocenters. The van der Waals surface area contributed by atoms with Crippen LogP contribution in [-0.2, 0) is 13.1 Å². The number of rotatable bonds is 7. The van der Waals surface area contributed by atoms with Crippen molar-refractivity contribution in [1.29, 1.82) is 0 Å². The molecule has 0 bridgehead atoms. The zero-order chi connectivity index (χ0) is 13.5. The van der Waals surface area contributed by atoms with Gasteiger partial charge in [-0.2, -0.15) is 0 Å². The number of phenols is 1. The van der Waals surface area contributed by atoms with E-state index in [-0.39, 0.29) is 5.75 Å². The highest BCUT2D eigenvalue weighted by Gasteiger charge is 2.01. The second-order valence-electron chi connectivity index (χ2n) is 4.20. The van der Waals surface area contributed by atoms with Crippen molar-refractivity contribution >= 4 is 0 Å². The van der Waals surface area contributed by atoms with Crippen molar-refractivity contribution in [3.63, 3.8) is 0 Å². The van der Waals surface area contributed by atoms with Gasteiger partial charge in [-0.1, -0.05) is 11.3 Å². The Morgan fingerprint density at radius 3 is 3.00 bits per heavy atom. The van der Waals surface area contributed by atoms with E-state index in [1.165, 1.54) is 7.11 Å². The first-order valence-electron chi connectivity index (χ1n) is 6.20. The summed E-state index contributed by atoms with van der Waals surface area (Å²) < 4.78 is 6.80. The van der Waals surface area contributed by atoms with Gasteiger partial charge < -0.3 is 15.2 Å². The van der Waals surface area contributed by atoms with E-state index in [4.69, 9.17) is 4.74 Å². The van der Waals surface area contributed by atoms with Crippen LogP contribution in [0.2, 0.25) is 0 Å². The largest absolute Gasteiger partial charge is 0.504 e. The van der Waals surface area contributed by atoms with Gasteiger partial charge in [0.25, 0.3) is 0 Å². The third-order valence-electron chi connectivity index (χ3n) is 2.79. The fraction of sp³-hybridized carbons (Fsp3) is 0.385. The predicted octanol–water partition coefficient (Wildman–Crippen LogP) is 1.17. The Kier molecular flexibility index (Phi) is 4.74. The Morgan fingerprint density at radius 1 is 1.42 bits per heavy atom. The summed E-state index contributed by atoms with van der Waals surface area (Å²) >= 11 is 0. The molecule has 0 saturated heterocycles. The molecule has 1 heterocycles. The molecule has 6 nitrogen and oxygen atoms in total. The lowest BCUT2D eigenvalue weighted by Gasteiger charge is -2.07. The molecule has 0 aliphatic heterocycles. The van der Waals surface area contributed by atoms with Crippen LogP contribution in [0.5, 0.6) is 11.5 Å². The van der Waals surface area contributed by atoms with Crippen LogP contribution < -0.4 is 10.1 Å². The van der Waals surface area contributed by atoms with E-state index in [0.717, 1.165) is 31.6 Å². The first-order chi connectivity index (χ1) is 9.29. The highest BCUT2D eigenvalue weighted by atomic mass is 16.5. The lowest BCUT2D eigenvalue weighted by molar-refractivity contribution is 0.373. The van der Waals surface area contributed by atoms with Crippen molar-refractivity contribution in [1.82, 2.24) is 20.3 Å². The van der Waals surface area contributed by atoms with Crippen molar-refractivity contribution in [2.24, 2.45) is 0 Å². The zero-order valence-corrected chi connectivity index (χ0v) is 10.9. The molecule has 0 spiro atoms. The molecular weight excluding hydrogens is 244 g/mol.